The van der Waals surface area contributed by atoms with Gasteiger partial charge in [0.25, 0.3) is 0 Å². The minimum Gasteiger partial charge on any atom is -0.411 e. The lowest BCUT2D eigenvalue weighted by atomic mass is 9.52. The van der Waals surface area contributed by atoms with Crippen molar-refractivity contribution in [3.63, 3.8) is 0 Å². The Labute approximate surface area is 66.7 Å². The largest absolute Gasteiger partial charge is 0.411 e. The molecule has 1 fully saturated rings. The van der Waals surface area contributed by atoms with Crippen LogP contribution in [0.25, 0.3) is 0 Å². The molecular weight excluding hydrogens is 142 g/mol. The van der Waals surface area contributed by atoms with Gasteiger partial charge in [-0.15, -0.1) is 0 Å². The fraction of sp³-hybridized carbons (Fsp3) is 0.875. The zero-order valence-electron chi connectivity index (χ0n) is 7.42. The van der Waals surface area contributed by atoms with Crippen LogP contribution >= 0.6 is 0 Å². The fourth-order valence-electron chi connectivity index (χ4n) is 2.17. The fourth-order valence-corrected chi connectivity index (χ4v) is 2.17. The Kier molecular flexibility index (Phi) is 1.53. The van der Waals surface area contributed by atoms with E-state index >= 15 is 0 Å². The third-order valence-corrected chi connectivity index (χ3v) is 2.69. The van der Waals surface area contributed by atoms with E-state index in [1.165, 1.54) is 0 Å². The Hall–Kier alpha value is -0.570. The molecule has 0 aromatic rings. The molecule has 64 valence electrons. The standard InChI is InChI=1S/C8H15NO2/c1-7(2)5(9-11)8(3,4)6(7)10/h6,10-11H,1-4H3. The van der Waals surface area contributed by atoms with Gasteiger partial charge < -0.3 is 10.3 Å². The second-order valence-electron chi connectivity index (χ2n) is 4.29. The number of aliphatic hydroxyl groups is 1. The summed E-state index contributed by atoms with van der Waals surface area (Å²) >= 11 is 0. The molecule has 11 heavy (non-hydrogen) atoms. The van der Waals surface area contributed by atoms with Crippen LogP contribution in [0, 0.1) is 10.8 Å². The average molecular weight is 157 g/mol. The maximum absolute atomic E-state index is 9.61. The Balaban J connectivity index is 2.98. The maximum Gasteiger partial charge on any atom is 0.0749 e. The maximum atomic E-state index is 9.61. The summed E-state index contributed by atoms with van der Waals surface area (Å²) in [6, 6.07) is 0. The van der Waals surface area contributed by atoms with E-state index in [1.807, 2.05) is 27.7 Å². The molecule has 2 N–H and O–H groups in total. The Morgan fingerprint density at radius 3 is 1.73 bits per heavy atom. The molecule has 1 aliphatic carbocycles. The number of nitrogens with zero attached hydrogens (tertiary/aromatic N) is 1. The van der Waals surface area contributed by atoms with Gasteiger partial charge in [-0.05, 0) is 0 Å². The van der Waals surface area contributed by atoms with E-state index in [2.05, 4.69) is 5.16 Å². The molecule has 1 aliphatic rings. The van der Waals surface area contributed by atoms with Gasteiger partial charge in [0, 0.05) is 10.8 Å². The van der Waals surface area contributed by atoms with E-state index in [0.29, 0.717) is 5.71 Å². The number of hydrogen-bond donors (Lipinski definition) is 2. The van der Waals surface area contributed by atoms with Crippen LogP contribution in [0.5, 0.6) is 0 Å². The topological polar surface area (TPSA) is 52.8 Å². The molecule has 0 amide bonds. The summed E-state index contributed by atoms with van der Waals surface area (Å²) < 4.78 is 0. The van der Waals surface area contributed by atoms with Crippen molar-refractivity contribution in [1.82, 2.24) is 0 Å². The molecule has 0 radical (unpaired) electrons. The minimum atomic E-state index is -0.416. The Morgan fingerprint density at radius 1 is 1.18 bits per heavy atom. The van der Waals surface area contributed by atoms with Crippen LogP contribution in [0.2, 0.25) is 0 Å². The van der Waals surface area contributed by atoms with Crippen LogP contribution in [-0.2, 0) is 0 Å². The molecule has 0 aromatic heterocycles. The smallest absolute Gasteiger partial charge is 0.0749 e. The van der Waals surface area contributed by atoms with Crippen LogP contribution in [0.3, 0.4) is 0 Å². The van der Waals surface area contributed by atoms with Gasteiger partial charge in [-0.3, -0.25) is 0 Å². The molecule has 0 heterocycles. The monoisotopic (exact) mass is 157 g/mol. The summed E-state index contributed by atoms with van der Waals surface area (Å²) in [5.41, 5.74) is -0.0475. The first-order valence-electron chi connectivity index (χ1n) is 3.76. The first kappa shape index (κ1) is 8.53. The highest BCUT2D eigenvalue weighted by Gasteiger charge is 2.59. The Bertz CT molecular complexity index is 188. The van der Waals surface area contributed by atoms with Crippen molar-refractivity contribution in [3.8, 4) is 0 Å². The molecule has 1 rings (SSSR count). The van der Waals surface area contributed by atoms with Gasteiger partial charge in [0.05, 0.1) is 11.8 Å². The summed E-state index contributed by atoms with van der Waals surface area (Å²) in [6.07, 6.45) is -0.416. The number of aliphatic hydroxyl groups excluding tert-OH is 1. The predicted octanol–water partition coefficient (Wildman–Crippen LogP) is 1.24. The summed E-state index contributed by atoms with van der Waals surface area (Å²) in [5.74, 6) is 0. The third-order valence-electron chi connectivity index (χ3n) is 2.69. The van der Waals surface area contributed by atoms with Gasteiger partial charge in [0.1, 0.15) is 0 Å². The molecule has 0 atom stereocenters. The first-order valence-corrected chi connectivity index (χ1v) is 3.76. The molecule has 0 aliphatic heterocycles. The average Bonchev–Trinajstić information content (AvgIpc) is 1.86. The van der Waals surface area contributed by atoms with Crippen molar-refractivity contribution in [2.24, 2.45) is 16.0 Å². The Morgan fingerprint density at radius 2 is 1.55 bits per heavy atom. The highest BCUT2D eigenvalue weighted by Crippen LogP contribution is 2.50. The van der Waals surface area contributed by atoms with E-state index in [-0.39, 0.29) is 10.8 Å². The normalized spacial score (nSPS) is 32.8. The van der Waals surface area contributed by atoms with Gasteiger partial charge in [-0.25, -0.2) is 0 Å². The summed E-state index contributed by atoms with van der Waals surface area (Å²) in [6.45, 7) is 7.49. The zero-order valence-corrected chi connectivity index (χ0v) is 7.42. The van der Waals surface area contributed by atoms with Crippen LogP contribution < -0.4 is 0 Å². The van der Waals surface area contributed by atoms with Crippen LogP contribution in [0.4, 0.5) is 0 Å². The van der Waals surface area contributed by atoms with Crippen molar-refractivity contribution in [3.05, 3.63) is 0 Å². The van der Waals surface area contributed by atoms with Gasteiger partial charge in [-0.1, -0.05) is 32.9 Å². The van der Waals surface area contributed by atoms with Gasteiger partial charge in [0.2, 0.25) is 0 Å². The van der Waals surface area contributed by atoms with E-state index < -0.39 is 6.10 Å². The summed E-state index contributed by atoms with van der Waals surface area (Å²) in [7, 11) is 0. The molecule has 3 nitrogen and oxygen atoms in total. The zero-order chi connectivity index (χ0) is 8.86. The molecule has 3 heteroatoms. The second-order valence-corrected chi connectivity index (χ2v) is 4.29. The molecule has 0 aromatic carbocycles. The molecule has 0 saturated heterocycles. The number of rotatable bonds is 0. The lowest BCUT2D eigenvalue weighted by molar-refractivity contribution is -0.0334. The van der Waals surface area contributed by atoms with Crippen molar-refractivity contribution >= 4 is 5.71 Å². The summed E-state index contributed by atoms with van der Waals surface area (Å²) in [4.78, 5) is 0. The number of oxime groups is 1. The lowest BCUT2D eigenvalue weighted by Crippen LogP contribution is -2.64. The molecular formula is C8H15NO2. The van der Waals surface area contributed by atoms with Gasteiger partial charge in [-0.2, -0.15) is 0 Å². The van der Waals surface area contributed by atoms with E-state index in [0.717, 1.165) is 0 Å². The second kappa shape index (κ2) is 1.97. The third kappa shape index (κ3) is 0.805. The van der Waals surface area contributed by atoms with E-state index in [4.69, 9.17) is 5.21 Å². The van der Waals surface area contributed by atoms with Gasteiger partial charge >= 0.3 is 0 Å². The molecule has 0 spiro atoms. The lowest BCUT2D eigenvalue weighted by Gasteiger charge is -2.54. The molecule has 0 unspecified atom stereocenters. The van der Waals surface area contributed by atoms with Crippen LogP contribution in [-0.4, -0.2) is 22.1 Å². The van der Waals surface area contributed by atoms with Crippen LogP contribution in [0.1, 0.15) is 27.7 Å². The summed E-state index contributed by atoms with van der Waals surface area (Å²) in [5, 5.41) is 21.5. The molecule has 1 saturated carbocycles. The quantitative estimate of drug-likeness (QED) is 0.410. The number of hydrogen-bond acceptors (Lipinski definition) is 3. The van der Waals surface area contributed by atoms with E-state index in [9.17, 15) is 5.11 Å². The first-order chi connectivity index (χ1) is 4.85. The highest BCUT2D eigenvalue weighted by molar-refractivity contribution is 6.01. The van der Waals surface area contributed by atoms with Crippen molar-refractivity contribution in [1.29, 1.82) is 0 Å². The van der Waals surface area contributed by atoms with Crippen LogP contribution in [0.15, 0.2) is 5.16 Å². The highest BCUT2D eigenvalue weighted by atomic mass is 16.4. The van der Waals surface area contributed by atoms with Crippen molar-refractivity contribution < 1.29 is 10.3 Å². The predicted molar refractivity (Wildman–Crippen MR) is 42.8 cm³/mol. The van der Waals surface area contributed by atoms with Crippen molar-refractivity contribution in [2.75, 3.05) is 0 Å². The van der Waals surface area contributed by atoms with Crippen molar-refractivity contribution in [2.45, 2.75) is 33.8 Å². The SMILES string of the molecule is CC1(C)C(=NO)C(C)(C)C1O. The van der Waals surface area contributed by atoms with Gasteiger partial charge in [0.15, 0.2) is 0 Å². The molecule has 0 bridgehead atoms. The minimum absolute atomic E-state index is 0.363. The van der Waals surface area contributed by atoms with E-state index in [1.54, 1.807) is 0 Å².